The Labute approximate surface area is 110 Å². The van der Waals surface area contributed by atoms with E-state index in [1.54, 1.807) is 11.1 Å². The molecule has 1 N–H and O–H groups in total. The number of hydrogen-bond donors (Lipinski definition) is 1. The van der Waals surface area contributed by atoms with Crippen molar-refractivity contribution in [2.45, 2.75) is 39.2 Å². The Bertz CT molecular complexity index is 439. The van der Waals surface area contributed by atoms with Gasteiger partial charge < -0.3 is 10.2 Å². The van der Waals surface area contributed by atoms with Gasteiger partial charge in [-0.2, -0.15) is 0 Å². The molecule has 1 aliphatic heterocycles. The molecule has 1 aromatic rings. The number of aromatic nitrogens is 1. The molecule has 1 saturated heterocycles. The van der Waals surface area contributed by atoms with Crippen molar-refractivity contribution in [2.75, 3.05) is 18.0 Å². The molecule has 1 aromatic heterocycles. The highest BCUT2D eigenvalue weighted by atomic mass is 16.2. The largest absolute Gasteiger partial charge is 0.308 e. The van der Waals surface area contributed by atoms with Crippen LogP contribution >= 0.6 is 0 Å². The zero-order valence-corrected chi connectivity index (χ0v) is 11.5. The van der Waals surface area contributed by atoms with E-state index < -0.39 is 0 Å². The number of carbonyl (C=O) groups excluding carboxylic acids is 1. The monoisotopic (exact) mass is 249 g/mol. The fourth-order valence-electron chi connectivity index (χ4n) is 2.07. The molecule has 0 radical (unpaired) electrons. The van der Waals surface area contributed by atoms with Crippen LogP contribution in [0.1, 0.15) is 34.8 Å². The van der Waals surface area contributed by atoms with E-state index in [9.17, 15) is 4.79 Å². The number of hydrogen-bond acceptors (Lipinski definition) is 3. The van der Waals surface area contributed by atoms with E-state index in [2.05, 4.69) is 31.1 Å². The third-order valence-corrected chi connectivity index (χ3v) is 3.25. The molecule has 0 spiro atoms. The van der Waals surface area contributed by atoms with Crippen LogP contribution in [0.25, 0.3) is 0 Å². The number of amides is 1. The summed E-state index contributed by atoms with van der Waals surface area (Å²) in [6.07, 6.45) is 1.80. The van der Waals surface area contributed by atoms with E-state index in [0.717, 1.165) is 17.9 Å². The topological polar surface area (TPSA) is 45.2 Å². The molecule has 100 valence electrons. The fourth-order valence-corrected chi connectivity index (χ4v) is 2.07. The molecule has 4 nitrogen and oxygen atoms in total. The number of nitrogens with zero attached hydrogens (tertiary/aromatic N) is 2. The second kappa shape index (κ2) is 4.69. The summed E-state index contributed by atoms with van der Waals surface area (Å²) in [5.74, 6) is 0.117. The highest BCUT2D eigenvalue weighted by molar-refractivity contribution is 5.97. The second-order valence-electron chi connectivity index (χ2n) is 5.82. The van der Waals surface area contributed by atoms with Crippen LogP contribution in [0.2, 0.25) is 0 Å². The maximum Gasteiger partial charge on any atom is 0.243 e. The Hall–Kier alpha value is -1.42. The van der Waals surface area contributed by atoms with Crippen LogP contribution in [0.4, 0.5) is 5.69 Å². The van der Waals surface area contributed by atoms with Gasteiger partial charge in [-0.25, -0.2) is 0 Å². The van der Waals surface area contributed by atoms with Crippen molar-refractivity contribution in [3.05, 3.63) is 24.0 Å². The number of rotatable bonds is 1. The third kappa shape index (κ3) is 2.53. The quantitative estimate of drug-likeness (QED) is 0.827. The molecule has 4 heteroatoms. The lowest BCUT2D eigenvalue weighted by Crippen LogP contribution is -2.53. The van der Waals surface area contributed by atoms with Crippen LogP contribution in [0, 0.1) is 0 Å². The molecule has 1 fully saturated rings. The predicted octanol–water partition coefficient (Wildman–Crippen LogP) is 1.95. The summed E-state index contributed by atoms with van der Waals surface area (Å²) < 4.78 is 0. The Morgan fingerprint density at radius 1 is 1.44 bits per heavy atom. The van der Waals surface area contributed by atoms with Crippen LogP contribution in [-0.2, 0) is 10.2 Å². The maximum atomic E-state index is 12.0. The highest BCUT2D eigenvalue weighted by Gasteiger charge is 2.26. The van der Waals surface area contributed by atoms with Crippen molar-refractivity contribution in [3.63, 3.8) is 0 Å². The molecule has 18 heavy (non-hydrogen) atoms. The Balaban J connectivity index is 0.00000180. The molecule has 1 atom stereocenters. The smallest absolute Gasteiger partial charge is 0.243 e. The van der Waals surface area contributed by atoms with Crippen LogP contribution in [0.3, 0.4) is 0 Å². The van der Waals surface area contributed by atoms with Crippen molar-refractivity contribution >= 4 is 11.6 Å². The highest BCUT2D eigenvalue weighted by Crippen LogP contribution is 2.23. The average molecular weight is 249 g/mol. The third-order valence-electron chi connectivity index (χ3n) is 3.25. The van der Waals surface area contributed by atoms with E-state index in [0.29, 0.717) is 6.54 Å². The lowest BCUT2D eigenvalue weighted by atomic mass is 9.92. The van der Waals surface area contributed by atoms with Crippen molar-refractivity contribution in [1.29, 1.82) is 0 Å². The van der Waals surface area contributed by atoms with E-state index in [1.165, 1.54) is 0 Å². The van der Waals surface area contributed by atoms with E-state index in [4.69, 9.17) is 0 Å². The minimum Gasteiger partial charge on any atom is -0.308 e. The molecule has 2 rings (SSSR count). The van der Waals surface area contributed by atoms with Crippen LogP contribution in [0.15, 0.2) is 18.3 Å². The first-order valence-corrected chi connectivity index (χ1v) is 6.41. The molecule has 0 aromatic carbocycles. The van der Waals surface area contributed by atoms with E-state index >= 15 is 0 Å². The summed E-state index contributed by atoms with van der Waals surface area (Å²) in [6.45, 7) is 9.83. The van der Waals surface area contributed by atoms with Gasteiger partial charge in [0, 0.05) is 25.6 Å². The molecule has 0 saturated carbocycles. The van der Waals surface area contributed by atoms with Gasteiger partial charge >= 0.3 is 0 Å². The molecule has 1 amide bonds. The summed E-state index contributed by atoms with van der Waals surface area (Å²) in [7, 11) is 0. The lowest BCUT2D eigenvalue weighted by Gasteiger charge is -2.31. The van der Waals surface area contributed by atoms with Crippen molar-refractivity contribution in [2.24, 2.45) is 0 Å². The molecule has 1 aliphatic rings. The Morgan fingerprint density at radius 2 is 2.17 bits per heavy atom. The predicted molar refractivity (Wildman–Crippen MR) is 74.9 cm³/mol. The van der Waals surface area contributed by atoms with Crippen LogP contribution in [0.5, 0.6) is 0 Å². The van der Waals surface area contributed by atoms with Gasteiger partial charge in [-0.15, -0.1) is 0 Å². The molecule has 0 aliphatic carbocycles. The number of anilines is 1. The average Bonchev–Trinajstić information content (AvgIpc) is 2.32. The SMILES string of the molecule is C[C@@H]1NCCN(c2ccc(C(C)(C)C)nc2)C1=O.[HH]. The summed E-state index contributed by atoms with van der Waals surface area (Å²) in [5.41, 5.74) is 1.97. The second-order valence-corrected chi connectivity index (χ2v) is 5.82. The van der Waals surface area contributed by atoms with Gasteiger partial charge in [0.1, 0.15) is 0 Å². The van der Waals surface area contributed by atoms with Gasteiger partial charge in [0.25, 0.3) is 0 Å². The zero-order chi connectivity index (χ0) is 13.3. The van der Waals surface area contributed by atoms with Gasteiger partial charge in [-0.05, 0) is 19.1 Å². The van der Waals surface area contributed by atoms with E-state index in [-0.39, 0.29) is 18.8 Å². The minimum atomic E-state index is -0.110. The van der Waals surface area contributed by atoms with Crippen molar-refractivity contribution in [3.8, 4) is 0 Å². The molecule has 0 unspecified atom stereocenters. The number of pyridine rings is 1. The Morgan fingerprint density at radius 3 is 2.72 bits per heavy atom. The maximum absolute atomic E-state index is 12.0. The first kappa shape index (κ1) is 13.0. The first-order valence-electron chi connectivity index (χ1n) is 6.41. The molecular formula is C14H23N3O. The molecule has 0 bridgehead atoms. The van der Waals surface area contributed by atoms with Crippen molar-refractivity contribution < 1.29 is 6.22 Å². The summed E-state index contributed by atoms with van der Waals surface area (Å²) >= 11 is 0. The normalized spacial score (nSPS) is 21.2. The first-order chi connectivity index (χ1) is 8.39. The van der Waals surface area contributed by atoms with Crippen LogP contribution in [-0.4, -0.2) is 30.0 Å². The standard InChI is InChI=1S/C14H21N3O.H2/c1-10-13(18)17(8-7-15-10)11-5-6-12(16-9-11)14(2,3)4;/h5-6,9-10,15H,7-8H2,1-4H3;1H/t10-;/m0./s1. The van der Waals surface area contributed by atoms with Gasteiger partial charge in [0.2, 0.25) is 5.91 Å². The minimum absolute atomic E-state index is 0. The Kier molecular flexibility index (Phi) is 3.39. The fraction of sp³-hybridized carbons (Fsp3) is 0.571. The van der Waals surface area contributed by atoms with Gasteiger partial charge in [-0.3, -0.25) is 9.78 Å². The van der Waals surface area contributed by atoms with Gasteiger partial charge in [0.15, 0.2) is 0 Å². The van der Waals surface area contributed by atoms with Crippen LogP contribution < -0.4 is 10.2 Å². The van der Waals surface area contributed by atoms with Gasteiger partial charge in [0.05, 0.1) is 17.9 Å². The molecule has 2 heterocycles. The van der Waals surface area contributed by atoms with E-state index in [1.807, 2.05) is 19.1 Å². The summed E-state index contributed by atoms with van der Waals surface area (Å²) in [6, 6.07) is 3.89. The number of piperazine rings is 1. The molecular weight excluding hydrogens is 226 g/mol. The number of nitrogens with one attached hydrogen (secondary N) is 1. The summed E-state index contributed by atoms with van der Waals surface area (Å²) in [4.78, 5) is 18.3. The van der Waals surface area contributed by atoms with Gasteiger partial charge in [-0.1, -0.05) is 20.8 Å². The van der Waals surface area contributed by atoms with Crippen molar-refractivity contribution in [1.82, 2.24) is 10.3 Å². The lowest BCUT2D eigenvalue weighted by molar-refractivity contribution is -0.121. The zero-order valence-electron chi connectivity index (χ0n) is 11.5. The summed E-state index contributed by atoms with van der Waals surface area (Å²) in [5, 5.41) is 3.16. The number of carbonyl (C=O) groups is 1.